The molecule has 0 saturated heterocycles. The molecule has 0 bridgehead atoms. The van der Waals surface area contributed by atoms with Crippen molar-refractivity contribution in [3.05, 3.63) is 29.6 Å². The van der Waals surface area contributed by atoms with Crippen LogP contribution in [0.25, 0.3) is 0 Å². The summed E-state index contributed by atoms with van der Waals surface area (Å²) in [4.78, 5) is 0. The van der Waals surface area contributed by atoms with Gasteiger partial charge in [0.1, 0.15) is 12.4 Å². The summed E-state index contributed by atoms with van der Waals surface area (Å²) in [5.74, 6) is -0.669. The third-order valence-corrected chi connectivity index (χ3v) is 1.67. The number of nitrogens with two attached hydrogens (primary N) is 1. The molecule has 2 N–H and O–H groups in total. The molecule has 0 aliphatic rings. The van der Waals surface area contributed by atoms with E-state index in [1.54, 1.807) is 0 Å². The third-order valence-electron chi connectivity index (χ3n) is 1.67. The van der Waals surface area contributed by atoms with E-state index in [4.69, 9.17) is 5.73 Å². The van der Waals surface area contributed by atoms with E-state index in [1.165, 1.54) is 12.1 Å². The van der Waals surface area contributed by atoms with Gasteiger partial charge >= 0.3 is 6.18 Å². The van der Waals surface area contributed by atoms with Gasteiger partial charge in [0.2, 0.25) is 0 Å². The van der Waals surface area contributed by atoms with Crippen molar-refractivity contribution < 1.29 is 22.3 Å². The van der Waals surface area contributed by atoms with Crippen molar-refractivity contribution in [2.75, 3.05) is 12.3 Å². The van der Waals surface area contributed by atoms with Gasteiger partial charge < -0.3 is 10.5 Å². The predicted molar refractivity (Wildman–Crippen MR) is 46.5 cm³/mol. The predicted octanol–water partition coefficient (Wildman–Crippen LogP) is 2.49. The molecule has 6 heteroatoms. The topological polar surface area (TPSA) is 35.2 Å². The number of ether oxygens (including phenoxy) is 1. The Hall–Kier alpha value is -1.30. The van der Waals surface area contributed by atoms with E-state index >= 15 is 0 Å². The second-order valence-corrected chi connectivity index (χ2v) is 2.92. The Morgan fingerprint density at radius 1 is 1.27 bits per heavy atom. The molecule has 0 aliphatic heterocycles. The van der Waals surface area contributed by atoms with Gasteiger partial charge in [0.15, 0.2) is 0 Å². The number of nitrogen functional groups attached to an aromatic ring is 1. The van der Waals surface area contributed by atoms with Crippen LogP contribution in [-0.2, 0) is 11.3 Å². The van der Waals surface area contributed by atoms with Crippen molar-refractivity contribution in [3.8, 4) is 0 Å². The minimum Gasteiger partial charge on any atom is -0.398 e. The van der Waals surface area contributed by atoms with Crippen molar-refractivity contribution in [2.24, 2.45) is 0 Å². The Bertz CT molecular complexity index is 317. The molecule has 0 heterocycles. The Labute approximate surface area is 83.6 Å². The van der Waals surface area contributed by atoms with E-state index in [1.807, 2.05) is 0 Å². The smallest absolute Gasteiger partial charge is 0.398 e. The first-order valence-corrected chi connectivity index (χ1v) is 4.07. The largest absolute Gasteiger partial charge is 0.411 e. The highest BCUT2D eigenvalue weighted by atomic mass is 19.4. The van der Waals surface area contributed by atoms with Crippen molar-refractivity contribution in [3.63, 3.8) is 0 Å². The average Bonchev–Trinajstić information content (AvgIpc) is 2.08. The highest BCUT2D eigenvalue weighted by Crippen LogP contribution is 2.19. The summed E-state index contributed by atoms with van der Waals surface area (Å²) in [6.07, 6.45) is -4.42. The average molecular weight is 223 g/mol. The summed E-state index contributed by atoms with van der Waals surface area (Å²) in [7, 11) is 0. The van der Waals surface area contributed by atoms with Gasteiger partial charge in [-0.05, 0) is 12.1 Å². The monoisotopic (exact) mass is 223 g/mol. The lowest BCUT2D eigenvalue weighted by Gasteiger charge is -2.09. The van der Waals surface area contributed by atoms with Gasteiger partial charge in [-0.25, -0.2) is 4.39 Å². The minimum absolute atomic E-state index is 0.0539. The molecule has 1 rings (SSSR count). The molecule has 0 spiro atoms. The van der Waals surface area contributed by atoms with E-state index < -0.39 is 25.2 Å². The number of hydrogen-bond acceptors (Lipinski definition) is 2. The van der Waals surface area contributed by atoms with Crippen molar-refractivity contribution in [1.82, 2.24) is 0 Å². The number of alkyl halides is 3. The van der Waals surface area contributed by atoms with Crippen LogP contribution in [0.4, 0.5) is 23.2 Å². The van der Waals surface area contributed by atoms with Crippen molar-refractivity contribution >= 4 is 5.69 Å². The second kappa shape index (κ2) is 4.48. The number of benzene rings is 1. The fraction of sp³-hybridized carbons (Fsp3) is 0.333. The van der Waals surface area contributed by atoms with Gasteiger partial charge in [0.25, 0.3) is 0 Å². The maximum atomic E-state index is 13.0. The summed E-state index contributed by atoms with van der Waals surface area (Å²) in [6, 6.07) is 3.88. The van der Waals surface area contributed by atoms with Gasteiger partial charge in [0, 0.05) is 11.3 Å². The molecule has 0 radical (unpaired) electrons. The fourth-order valence-corrected chi connectivity index (χ4v) is 0.996. The molecule has 1 aromatic rings. The number of rotatable bonds is 3. The molecule has 0 saturated carbocycles. The minimum atomic E-state index is -4.42. The quantitative estimate of drug-likeness (QED) is 0.631. The Balaban J connectivity index is 2.58. The lowest BCUT2D eigenvalue weighted by atomic mass is 10.2. The molecule has 15 heavy (non-hydrogen) atoms. The van der Waals surface area contributed by atoms with Crippen LogP contribution >= 0.6 is 0 Å². The van der Waals surface area contributed by atoms with Crippen LogP contribution in [-0.4, -0.2) is 12.8 Å². The number of anilines is 1. The summed E-state index contributed by atoms with van der Waals surface area (Å²) >= 11 is 0. The third kappa shape index (κ3) is 3.75. The second-order valence-electron chi connectivity index (χ2n) is 2.92. The van der Waals surface area contributed by atoms with E-state index in [-0.39, 0.29) is 11.3 Å². The van der Waals surface area contributed by atoms with Gasteiger partial charge in [-0.15, -0.1) is 0 Å². The van der Waals surface area contributed by atoms with Gasteiger partial charge in [0.05, 0.1) is 6.61 Å². The van der Waals surface area contributed by atoms with Crippen LogP contribution in [0, 0.1) is 5.82 Å². The lowest BCUT2D eigenvalue weighted by molar-refractivity contribution is -0.176. The SMILES string of the molecule is Nc1cccc(F)c1COCC(F)(F)F. The first-order chi connectivity index (χ1) is 6.90. The molecule has 84 valence electrons. The van der Waals surface area contributed by atoms with E-state index in [0.29, 0.717) is 0 Å². The standard InChI is InChI=1S/C9H9F4NO/c10-7-2-1-3-8(14)6(7)4-15-5-9(11,12)13/h1-3H,4-5,14H2. The summed E-state index contributed by atoms with van der Waals surface area (Å²) in [5, 5.41) is 0. The molecule has 0 aliphatic carbocycles. The van der Waals surface area contributed by atoms with Crippen LogP contribution in [0.1, 0.15) is 5.56 Å². The summed E-state index contributed by atoms with van der Waals surface area (Å²) < 4.78 is 52.5. The molecular weight excluding hydrogens is 214 g/mol. The first-order valence-electron chi connectivity index (χ1n) is 4.07. The van der Waals surface area contributed by atoms with Crippen LogP contribution in [0.15, 0.2) is 18.2 Å². The zero-order valence-corrected chi connectivity index (χ0v) is 7.64. The molecule has 0 atom stereocenters. The fourth-order valence-electron chi connectivity index (χ4n) is 0.996. The zero-order valence-electron chi connectivity index (χ0n) is 7.64. The van der Waals surface area contributed by atoms with Gasteiger partial charge in [-0.1, -0.05) is 6.07 Å². The normalized spacial score (nSPS) is 11.7. The van der Waals surface area contributed by atoms with Crippen molar-refractivity contribution in [1.29, 1.82) is 0 Å². The van der Waals surface area contributed by atoms with Gasteiger partial charge in [-0.3, -0.25) is 0 Å². The zero-order chi connectivity index (χ0) is 11.5. The number of hydrogen-bond donors (Lipinski definition) is 1. The number of halogens is 4. The molecular formula is C9H9F4NO. The molecule has 0 fully saturated rings. The summed E-state index contributed by atoms with van der Waals surface area (Å²) in [6.45, 7) is -1.90. The summed E-state index contributed by atoms with van der Waals surface area (Å²) in [5.41, 5.74) is 5.40. The highest BCUT2D eigenvalue weighted by molar-refractivity contribution is 5.46. The van der Waals surface area contributed by atoms with Crippen LogP contribution in [0.3, 0.4) is 0 Å². The maximum Gasteiger partial charge on any atom is 0.411 e. The molecule has 0 amide bonds. The van der Waals surface area contributed by atoms with Crippen LogP contribution in [0.5, 0.6) is 0 Å². The molecule has 0 aromatic heterocycles. The van der Waals surface area contributed by atoms with Crippen LogP contribution in [0.2, 0.25) is 0 Å². The Morgan fingerprint density at radius 2 is 1.93 bits per heavy atom. The van der Waals surface area contributed by atoms with Crippen molar-refractivity contribution in [2.45, 2.75) is 12.8 Å². The van der Waals surface area contributed by atoms with E-state index in [9.17, 15) is 17.6 Å². The molecule has 2 nitrogen and oxygen atoms in total. The molecule has 0 unspecified atom stereocenters. The van der Waals surface area contributed by atoms with Gasteiger partial charge in [-0.2, -0.15) is 13.2 Å². The lowest BCUT2D eigenvalue weighted by Crippen LogP contribution is -2.17. The van der Waals surface area contributed by atoms with Crippen LogP contribution < -0.4 is 5.73 Å². The Kier molecular flexibility index (Phi) is 3.52. The molecule has 1 aromatic carbocycles. The first kappa shape index (κ1) is 11.8. The highest BCUT2D eigenvalue weighted by Gasteiger charge is 2.27. The maximum absolute atomic E-state index is 13.0. The van der Waals surface area contributed by atoms with E-state index in [0.717, 1.165) is 6.07 Å². The Morgan fingerprint density at radius 3 is 2.47 bits per heavy atom. The van der Waals surface area contributed by atoms with E-state index in [2.05, 4.69) is 4.74 Å².